The lowest BCUT2D eigenvalue weighted by atomic mass is 9.66. The van der Waals surface area contributed by atoms with Crippen molar-refractivity contribution in [3.05, 3.63) is 0 Å². The lowest BCUT2D eigenvalue weighted by Crippen LogP contribution is -2.54. The van der Waals surface area contributed by atoms with Gasteiger partial charge in [0.2, 0.25) is 0 Å². The molecule has 2 unspecified atom stereocenters. The third-order valence-electron chi connectivity index (χ3n) is 4.72. The maximum atomic E-state index is 12.0. The smallest absolute Gasteiger partial charge is 0.150 e. The van der Waals surface area contributed by atoms with Crippen LogP contribution in [-0.2, 0) is 4.79 Å². The first kappa shape index (κ1) is 9.79. The summed E-state index contributed by atoms with van der Waals surface area (Å²) >= 11 is 0. The third kappa shape index (κ3) is 1.44. The molecule has 3 nitrogen and oxygen atoms in total. The van der Waals surface area contributed by atoms with Gasteiger partial charge in [0.1, 0.15) is 0 Å². The molecule has 1 aliphatic heterocycles. The molecule has 84 valence electrons. The summed E-state index contributed by atoms with van der Waals surface area (Å²) in [6.07, 6.45) is 7.44. The van der Waals surface area contributed by atoms with Crippen LogP contribution in [-0.4, -0.2) is 25.0 Å². The number of rotatable bonds is 0. The van der Waals surface area contributed by atoms with Crippen LogP contribution >= 0.6 is 0 Å². The second-order valence-electron chi connectivity index (χ2n) is 5.49. The minimum Gasteiger partial charge on any atom is -0.304 e. The number of hydrogen-bond donors (Lipinski definition) is 2. The lowest BCUT2D eigenvalue weighted by Gasteiger charge is -2.41. The Morgan fingerprint density at radius 2 is 2.00 bits per heavy atom. The molecule has 0 aromatic carbocycles. The quantitative estimate of drug-likeness (QED) is 0.625. The van der Waals surface area contributed by atoms with E-state index in [1.54, 1.807) is 0 Å². The molecule has 0 aromatic heterocycles. The van der Waals surface area contributed by atoms with Gasteiger partial charge >= 0.3 is 0 Å². The van der Waals surface area contributed by atoms with Gasteiger partial charge in [-0.3, -0.25) is 10.1 Å². The molecule has 1 spiro atoms. The van der Waals surface area contributed by atoms with Crippen molar-refractivity contribution in [1.29, 1.82) is 0 Å². The van der Waals surface area contributed by atoms with Gasteiger partial charge in [-0.05, 0) is 24.2 Å². The van der Waals surface area contributed by atoms with E-state index in [2.05, 4.69) is 10.6 Å². The number of ketones is 1. The highest BCUT2D eigenvalue weighted by Crippen LogP contribution is 2.51. The van der Waals surface area contributed by atoms with Gasteiger partial charge in [0.25, 0.3) is 0 Å². The van der Waals surface area contributed by atoms with Gasteiger partial charge in [0.05, 0.1) is 6.04 Å². The van der Waals surface area contributed by atoms with Crippen molar-refractivity contribution >= 4 is 5.78 Å². The number of carbonyl (C=O) groups is 1. The van der Waals surface area contributed by atoms with E-state index in [0.717, 1.165) is 19.6 Å². The second kappa shape index (κ2) is 3.56. The molecule has 1 saturated heterocycles. The Balaban J connectivity index is 1.86. The van der Waals surface area contributed by atoms with E-state index in [4.69, 9.17) is 0 Å². The summed E-state index contributed by atoms with van der Waals surface area (Å²) in [5.74, 6) is 1.04. The van der Waals surface area contributed by atoms with E-state index in [9.17, 15) is 4.79 Å². The molecular weight excluding hydrogens is 188 g/mol. The zero-order valence-corrected chi connectivity index (χ0v) is 9.22. The predicted molar refractivity (Wildman–Crippen MR) is 58.4 cm³/mol. The monoisotopic (exact) mass is 208 g/mol. The Morgan fingerprint density at radius 3 is 2.80 bits per heavy atom. The number of fused-ring (bicyclic) bond motifs is 2. The van der Waals surface area contributed by atoms with Crippen molar-refractivity contribution in [2.45, 2.75) is 44.6 Å². The fourth-order valence-corrected chi connectivity index (χ4v) is 3.97. The van der Waals surface area contributed by atoms with E-state index < -0.39 is 0 Å². The van der Waals surface area contributed by atoms with Gasteiger partial charge in [-0.2, -0.15) is 0 Å². The van der Waals surface area contributed by atoms with Crippen molar-refractivity contribution < 1.29 is 4.79 Å². The van der Waals surface area contributed by atoms with Crippen molar-refractivity contribution in [3.8, 4) is 0 Å². The molecule has 1 heterocycles. The van der Waals surface area contributed by atoms with Crippen molar-refractivity contribution in [2.75, 3.05) is 13.2 Å². The van der Waals surface area contributed by atoms with E-state index in [1.165, 1.54) is 32.1 Å². The normalized spacial score (nSPS) is 39.3. The van der Waals surface area contributed by atoms with E-state index in [0.29, 0.717) is 17.1 Å². The molecule has 0 bridgehead atoms. The predicted octanol–water partition coefficient (Wildman–Crippen LogP) is 1.04. The van der Waals surface area contributed by atoms with Crippen LogP contribution in [0.4, 0.5) is 0 Å². The first-order valence-corrected chi connectivity index (χ1v) is 6.29. The maximum Gasteiger partial charge on any atom is 0.150 e. The summed E-state index contributed by atoms with van der Waals surface area (Å²) in [5, 5.41) is 6.73. The molecule has 2 aliphatic carbocycles. The minimum absolute atomic E-state index is 0.171. The summed E-state index contributed by atoms with van der Waals surface area (Å²) in [6, 6.07) is 0.171. The summed E-state index contributed by atoms with van der Waals surface area (Å²) in [4.78, 5) is 12.0. The summed E-state index contributed by atoms with van der Waals surface area (Å²) in [6.45, 7) is 1.85. The Bertz CT molecular complexity index is 271. The van der Waals surface area contributed by atoms with E-state index in [-0.39, 0.29) is 6.04 Å². The summed E-state index contributed by atoms with van der Waals surface area (Å²) in [7, 11) is 0. The number of nitrogens with one attached hydrogen (secondary N) is 2. The van der Waals surface area contributed by atoms with Crippen LogP contribution < -0.4 is 10.6 Å². The van der Waals surface area contributed by atoms with Crippen LogP contribution in [0.5, 0.6) is 0 Å². The molecule has 2 atom stereocenters. The van der Waals surface area contributed by atoms with E-state index in [1.807, 2.05) is 0 Å². The highest BCUT2D eigenvalue weighted by Gasteiger charge is 2.53. The molecule has 3 fully saturated rings. The molecule has 2 saturated carbocycles. The fraction of sp³-hybridized carbons (Fsp3) is 0.917. The standard InChI is InChI=1S/C12H20N2O/c15-10-6-12(4-2-1-3-5-12)9-7-13-8-14-11(9)10/h9,11,13-14H,1-8H2. The van der Waals surface area contributed by atoms with Crippen molar-refractivity contribution in [1.82, 2.24) is 10.6 Å². The third-order valence-corrected chi connectivity index (χ3v) is 4.72. The molecule has 3 heteroatoms. The molecule has 2 N–H and O–H groups in total. The van der Waals surface area contributed by atoms with Crippen LogP contribution in [0.25, 0.3) is 0 Å². The number of Topliss-reactive ketones (excluding diaryl/α,β-unsaturated/α-hetero) is 1. The molecule has 0 radical (unpaired) electrons. The van der Waals surface area contributed by atoms with Crippen LogP contribution in [0.3, 0.4) is 0 Å². The molecule has 0 amide bonds. The average molecular weight is 208 g/mol. The Labute approximate surface area is 91.0 Å². The van der Waals surface area contributed by atoms with Gasteiger partial charge in [-0.25, -0.2) is 0 Å². The van der Waals surface area contributed by atoms with Gasteiger partial charge in [-0.15, -0.1) is 0 Å². The van der Waals surface area contributed by atoms with Crippen LogP contribution in [0.2, 0.25) is 0 Å². The van der Waals surface area contributed by atoms with Crippen LogP contribution in [0.15, 0.2) is 0 Å². The summed E-state index contributed by atoms with van der Waals surface area (Å²) < 4.78 is 0. The topological polar surface area (TPSA) is 41.1 Å². The zero-order valence-electron chi connectivity index (χ0n) is 9.22. The van der Waals surface area contributed by atoms with Crippen LogP contribution in [0.1, 0.15) is 38.5 Å². The minimum atomic E-state index is 0.171. The summed E-state index contributed by atoms with van der Waals surface area (Å²) in [5.41, 5.74) is 0.362. The number of hydrogen-bond acceptors (Lipinski definition) is 3. The first-order valence-electron chi connectivity index (χ1n) is 6.29. The Kier molecular flexibility index (Phi) is 2.33. The molecule has 15 heavy (non-hydrogen) atoms. The zero-order chi connectivity index (χ0) is 10.3. The molecule has 3 aliphatic rings. The van der Waals surface area contributed by atoms with Crippen molar-refractivity contribution in [2.24, 2.45) is 11.3 Å². The van der Waals surface area contributed by atoms with E-state index >= 15 is 0 Å². The SMILES string of the molecule is O=C1CC2(CCCCC2)C2CNCNC12. The maximum absolute atomic E-state index is 12.0. The van der Waals surface area contributed by atoms with Gasteiger partial charge in [0, 0.05) is 19.6 Å². The van der Waals surface area contributed by atoms with Crippen molar-refractivity contribution in [3.63, 3.8) is 0 Å². The van der Waals surface area contributed by atoms with Crippen LogP contribution in [0, 0.1) is 11.3 Å². The lowest BCUT2D eigenvalue weighted by molar-refractivity contribution is -0.120. The highest BCUT2D eigenvalue weighted by molar-refractivity contribution is 5.88. The van der Waals surface area contributed by atoms with Gasteiger partial charge < -0.3 is 5.32 Å². The first-order chi connectivity index (χ1) is 7.32. The number of carbonyl (C=O) groups excluding carboxylic acids is 1. The van der Waals surface area contributed by atoms with Gasteiger partial charge in [0.15, 0.2) is 5.78 Å². The average Bonchev–Trinajstić information content (AvgIpc) is 2.55. The Morgan fingerprint density at radius 1 is 1.20 bits per heavy atom. The molecule has 3 rings (SSSR count). The highest BCUT2D eigenvalue weighted by atomic mass is 16.1. The largest absolute Gasteiger partial charge is 0.304 e. The molecule has 0 aromatic rings. The second-order valence-corrected chi connectivity index (χ2v) is 5.49. The Hall–Kier alpha value is -0.410. The molecular formula is C12H20N2O. The fourth-order valence-electron chi connectivity index (χ4n) is 3.97. The van der Waals surface area contributed by atoms with Gasteiger partial charge in [-0.1, -0.05) is 19.3 Å².